The minimum absolute atomic E-state index is 0.0896. The normalized spacial score (nSPS) is 24.8. The maximum Gasteiger partial charge on any atom is 0.315 e. The Morgan fingerprint density at radius 2 is 2.08 bits per heavy atom. The summed E-state index contributed by atoms with van der Waals surface area (Å²) in [5.74, 6) is -1.13. The van der Waals surface area contributed by atoms with Crippen LogP contribution in [0.5, 0.6) is 0 Å². The van der Waals surface area contributed by atoms with Gasteiger partial charge >= 0.3 is 5.97 Å². The van der Waals surface area contributed by atoms with Crippen LogP contribution >= 0.6 is 15.9 Å². The number of hydrogen-bond acceptors (Lipinski definition) is 4. The van der Waals surface area contributed by atoms with Gasteiger partial charge in [-0.15, -0.1) is 0 Å². The van der Waals surface area contributed by atoms with Crippen molar-refractivity contribution in [3.8, 4) is 0 Å². The fourth-order valence-electron chi connectivity index (χ4n) is 4.04. The van der Waals surface area contributed by atoms with Crippen molar-refractivity contribution in [3.63, 3.8) is 0 Å². The van der Waals surface area contributed by atoms with Crippen molar-refractivity contribution in [2.45, 2.75) is 46.5 Å². The highest BCUT2D eigenvalue weighted by atomic mass is 79.9. The first-order valence-electron chi connectivity index (χ1n) is 8.97. The van der Waals surface area contributed by atoms with Crippen LogP contribution in [0.3, 0.4) is 0 Å². The van der Waals surface area contributed by atoms with Crippen molar-refractivity contribution >= 4 is 33.4 Å². The lowest BCUT2D eigenvalue weighted by atomic mass is 9.67. The summed E-state index contributed by atoms with van der Waals surface area (Å²) in [5.41, 5.74) is 3.06. The second kappa shape index (κ2) is 7.10. The van der Waals surface area contributed by atoms with Gasteiger partial charge in [0.15, 0.2) is 5.78 Å². The lowest BCUT2D eigenvalue weighted by molar-refractivity contribution is -0.146. The van der Waals surface area contributed by atoms with Gasteiger partial charge in [-0.1, -0.05) is 41.9 Å². The van der Waals surface area contributed by atoms with Gasteiger partial charge in [-0.3, -0.25) is 14.6 Å². The van der Waals surface area contributed by atoms with E-state index in [-0.39, 0.29) is 23.1 Å². The highest BCUT2D eigenvalue weighted by Gasteiger charge is 2.45. The lowest BCUT2D eigenvalue weighted by Gasteiger charge is -2.39. The van der Waals surface area contributed by atoms with Crippen LogP contribution in [-0.2, 0) is 14.3 Å². The Balaban J connectivity index is 2.18. The topological polar surface area (TPSA) is 55.7 Å². The molecule has 0 radical (unpaired) electrons. The summed E-state index contributed by atoms with van der Waals surface area (Å²) in [5, 5.41) is 0. The highest BCUT2D eigenvalue weighted by molar-refractivity contribution is 9.10. The van der Waals surface area contributed by atoms with Crippen LogP contribution in [-0.4, -0.2) is 24.1 Å². The van der Waals surface area contributed by atoms with Gasteiger partial charge in [-0.05, 0) is 43.4 Å². The number of hydrogen-bond donors (Lipinski definition) is 0. The minimum atomic E-state index is -0.562. The molecule has 4 nitrogen and oxygen atoms in total. The summed E-state index contributed by atoms with van der Waals surface area (Å²) in [6.07, 6.45) is 1.21. The average Bonchev–Trinajstić information content (AvgIpc) is 2.52. The molecule has 1 aromatic rings. The average molecular weight is 418 g/mol. The van der Waals surface area contributed by atoms with Crippen molar-refractivity contribution in [2.75, 3.05) is 6.61 Å². The molecule has 1 aromatic carbocycles. The minimum Gasteiger partial charge on any atom is -0.465 e. The molecular weight excluding hydrogens is 394 g/mol. The summed E-state index contributed by atoms with van der Waals surface area (Å²) in [7, 11) is 0. The maximum atomic E-state index is 13.1. The predicted molar refractivity (Wildman–Crippen MR) is 105 cm³/mol. The van der Waals surface area contributed by atoms with Gasteiger partial charge in [0, 0.05) is 33.8 Å². The number of aliphatic imine (C=N–C) groups is 1. The van der Waals surface area contributed by atoms with Crippen molar-refractivity contribution in [1.82, 2.24) is 0 Å². The summed E-state index contributed by atoms with van der Waals surface area (Å²) in [6, 6.07) is 7.82. The molecule has 26 heavy (non-hydrogen) atoms. The Kier molecular flexibility index (Phi) is 5.20. The number of nitrogens with zero attached hydrogens (tertiary/aromatic N) is 1. The number of rotatable bonds is 3. The molecule has 0 saturated heterocycles. The quantitative estimate of drug-likeness (QED) is 0.661. The Labute approximate surface area is 162 Å². The molecule has 1 aliphatic carbocycles. The lowest BCUT2D eigenvalue weighted by Crippen LogP contribution is -2.39. The summed E-state index contributed by atoms with van der Waals surface area (Å²) >= 11 is 3.51. The monoisotopic (exact) mass is 417 g/mol. The van der Waals surface area contributed by atoms with Crippen LogP contribution in [0.15, 0.2) is 45.0 Å². The van der Waals surface area contributed by atoms with Crippen LogP contribution in [0, 0.1) is 11.3 Å². The summed E-state index contributed by atoms with van der Waals surface area (Å²) < 4.78 is 6.24. The molecule has 0 bridgehead atoms. The summed E-state index contributed by atoms with van der Waals surface area (Å²) in [4.78, 5) is 30.5. The van der Waals surface area contributed by atoms with E-state index in [0.29, 0.717) is 18.6 Å². The van der Waals surface area contributed by atoms with Gasteiger partial charge in [0.05, 0.1) is 6.61 Å². The molecule has 1 aliphatic heterocycles. The van der Waals surface area contributed by atoms with Crippen LogP contribution in [0.25, 0.3) is 0 Å². The molecule has 1 unspecified atom stereocenters. The SMILES string of the molecule is CCOC(=O)C1C(C)=NC2=C(C(=O)CC(C)(C)C2)[C@@H]1c1cccc(Br)c1. The fourth-order valence-corrected chi connectivity index (χ4v) is 4.46. The molecule has 2 aliphatic rings. The van der Waals surface area contributed by atoms with Gasteiger partial charge in [0.25, 0.3) is 0 Å². The number of carbonyl (C=O) groups is 2. The molecule has 1 heterocycles. The van der Waals surface area contributed by atoms with E-state index in [1.807, 2.05) is 31.2 Å². The van der Waals surface area contributed by atoms with Crippen LogP contribution in [0.1, 0.15) is 52.0 Å². The third kappa shape index (κ3) is 3.54. The number of halogens is 1. The van der Waals surface area contributed by atoms with Crippen LogP contribution in [0.4, 0.5) is 0 Å². The van der Waals surface area contributed by atoms with Gasteiger partial charge in [-0.25, -0.2) is 0 Å². The van der Waals surface area contributed by atoms with E-state index in [0.717, 1.165) is 27.9 Å². The van der Waals surface area contributed by atoms with Gasteiger partial charge in [0.2, 0.25) is 0 Å². The maximum absolute atomic E-state index is 13.1. The molecule has 138 valence electrons. The van der Waals surface area contributed by atoms with E-state index in [9.17, 15) is 9.59 Å². The Hall–Kier alpha value is -1.75. The predicted octanol–water partition coefficient (Wildman–Crippen LogP) is 4.83. The number of Topliss-reactive ketones (excluding diaryl/α,β-unsaturated/α-hetero) is 1. The Morgan fingerprint density at radius 1 is 1.35 bits per heavy atom. The molecule has 0 saturated carbocycles. The first-order valence-corrected chi connectivity index (χ1v) is 9.76. The van der Waals surface area contributed by atoms with Crippen LogP contribution in [0.2, 0.25) is 0 Å². The molecule has 5 heteroatoms. The largest absolute Gasteiger partial charge is 0.465 e. The molecule has 0 amide bonds. The molecule has 0 spiro atoms. The van der Waals surface area contributed by atoms with Crippen molar-refractivity contribution < 1.29 is 14.3 Å². The number of benzene rings is 1. The van der Waals surface area contributed by atoms with E-state index in [4.69, 9.17) is 9.73 Å². The Bertz CT molecular complexity index is 822. The second-order valence-electron chi connectivity index (χ2n) is 7.82. The van der Waals surface area contributed by atoms with E-state index in [1.165, 1.54) is 0 Å². The van der Waals surface area contributed by atoms with Crippen LogP contribution < -0.4 is 0 Å². The first kappa shape index (κ1) is 19.0. The van der Waals surface area contributed by atoms with Crippen molar-refractivity contribution in [2.24, 2.45) is 16.3 Å². The smallest absolute Gasteiger partial charge is 0.315 e. The number of ether oxygens (including phenoxy) is 1. The molecule has 3 rings (SSSR count). The van der Waals surface area contributed by atoms with E-state index in [2.05, 4.69) is 29.8 Å². The number of carbonyl (C=O) groups excluding carboxylic acids is 2. The molecule has 2 atom stereocenters. The van der Waals surface area contributed by atoms with Crippen molar-refractivity contribution in [1.29, 1.82) is 0 Å². The van der Waals surface area contributed by atoms with Gasteiger partial charge < -0.3 is 4.74 Å². The molecule has 0 fully saturated rings. The zero-order chi connectivity index (χ0) is 19.1. The van der Waals surface area contributed by atoms with Crippen molar-refractivity contribution in [3.05, 3.63) is 45.6 Å². The fraction of sp³-hybridized carbons (Fsp3) is 0.476. The van der Waals surface area contributed by atoms with E-state index >= 15 is 0 Å². The molecular formula is C21H24BrNO3. The number of allylic oxidation sites excluding steroid dienone is 2. The third-order valence-electron chi connectivity index (χ3n) is 5.05. The molecule has 0 N–H and O–H groups in total. The Morgan fingerprint density at radius 3 is 2.73 bits per heavy atom. The van der Waals surface area contributed by atoms with Gasteiger partial charge in [0.1, 0.15) is 5.92 Å². The second-order valence-corrected chi connectivity index (χ2v) is 8.73. The summed E-state index contributed by atoms with van der Waals surface area (Å²) in [6.45, 7) is 8.14. The number of ketones is 1. The zero-order valence-corrected chi connectivity index (χ0v) is 17.2. The zero-order valence-electron chi connectivity index (χ0n) is 15.6. The van der Waals surface area contributed by atoms with E-state index < -0.39 is 5.92 Å². The van der Waals surface area contributed by atoms with Gasteiger partial charge in [-0.2, -0.15) is 0 Å². The standard InChI is InChI=1S/C21H24BrNO3/c1-5-26-20(25)17-12(2)23-15-10-21(3,4)11-16(24)19(15)18(17)13-7-6-8-14(22)9-13/h6-9,17-18H,5,10-11H2,1-4H3/t17?,18-/m1/s1. The number of esters is 1. The first-order chi connectivity index (χ1) is 12.2. The van der Waals surface area contributed by atoms with E-state index in [1.54, 1.807) is 6.92 Å². The molecule has 0 aromatic heterocycles. The highest BCUT2D eigenvalue weighted by Crippen LogP contribution is 2.48. The third-order valence-corrected chi connectivity index (χ3v) is 5.54.